The topological polar surface area (TPSA) is 36.7 Å². The number of hydrogen-bond acceptors (Lipinski definition) is 3. The van der Waals surface area contributed by atoms with Gasteiger partial charge in [-0.15, -0.1) is 0 Å². The summed E-state index contributed by atoms with van der Waals surface area (Å²) in [5, 5.41) is 0. The number of hydrogen-bond donors (Lipinski definition) is 0. The fourth-order valence-electron chi connectivity index (χ4n) is 4.13. The van der Waals surface area contributed by atoms with Gasteiger partial charge in [0.2, 0.25) is 0 Å². The highest BCUT2D eigenvalue weighted by molar-refractivity contribution is 5.94. The smallest absolute Gasteiger partial charge is 0.416 e. The molecule has 10 heteroatoms. The predicted molar refractivity (Wildman–Crippen MR) is 126 cm³/mol. The average Bonchev–Trinajstić information content (AvgIpc) is 3.22. The molecule has 2 aromatic carbocycles. The number of alkyl halides is 6. The summed E-state index contributed by atoms with van der Waals surface area (Å²) < 4.78 is 84.3. The lowest BCUT2D eigenvalue weighted by Gasteiger charge is -2.26. The Morgan fingerprint density at radius 2 is 1.51 bits per heavy atom. The van der Waals surface area contributed by atoms with Crippen molar-refractivity contribution in [3.05, 3.63) is 93.4 Å². The van der Waals surface area contributed by atoms with Gasteiger partial charge >= 0.3 is 12.4 Å². The first-order valence-corrected chi connectivity index (χ1v) is 11.4. The molecule has 4 rings (SSSR count). The SMILES string of the molecule is CN(C)Cc1cc2c(o1)CN(C(=O)c1ccc(/C=C\c3cc(C(F)(F)F)cc(C(F)(F)F)c3)cc1)CC2. The lowest BCUT2D eigenvalue weighted by atomic mass is 10.0. The zero-order valence-corrected chi connectivity index (χ0v) is 20.1. The van der Waals surface area contributed by atoms with E-state index in [9.17, 15) is 31.1 Å². The zero-order valence-electron chi connectivity index (χ0n) is 20.1. The first-order valence-electron chi connectivity index (χ1n) is 11.4. The lowest BCUT2D eigenvalue weighted by molar-refractivity contribution is -0.143. The molecule has 1 aliphatic heterocycles. The second-order valence-electron chi connectivity index (χ2n) is 9.17. The van der Waals surface area contributed by atoms with Crippen LogP contribution in [-0.4, -0.2) is 36.3 Å². The maximum Gasteiger partial charge on any atom is 0.416 e. The highest BCUT2D eigenvalue weighted by Gasteiger charge is 2.36. The van der Waals surface area contributed by atoms with Crippen molar-refractivity contribution in [3.63, 3.8) is 0 Å². The third kappa shape index (κ3) is 6.43. The summed E-state index contributed by atoms with van der Waals surface area (Å²) >= 11 is 0. The fourth-order valence-corrected chi connectivity index (χ4v) is 4.13. The van der Waals surface area contributed by atoms with Crippen molar-refractivity contribution in [3.8, 4) is 0 Å². The Bertz CT molecular complexity index is 1270. The second-order valence-corrected chi connectivity index (χ2v) is 9.17. The van der Waals surface area contributed by atoms with E-state index in [2.05, 4.69) is 0 Å². The number of benzene rings is 2. The van der Waals surface area contributed by atoms with E-state index in [1.165, 1.54) is 12.2 Å². The number of carbonyl (C=O) groups is 1. The van der Waals surface area contributed by atoms with Crippen LogP contribution in [0.5, 0.6) is 0 Å². The minimum absolute atomic E-state index is 0.0904. The summed E-state index contributed by atoms with van der Waals surface area (Å²) in [6.45, 7) is 1.54. The van der Waals surface area contributed by atoms with E-state index in [-0.39, 0.29) is 17.5 Å². The largest absolute Gasteiger partial charge is 0.463 e. The van der Waals surface area contributed by atoms with Crippen LogP contribution in [0.25, 0.3) is 12.2 Å². The molecular formula is C27H24F6N2O2. The van der Waals surface area contributed by atoms with Crippen LogP contribution in [0.2, 0.25) is 0 Å². The van der Waals surface area contributed by atoms with Gasteiger partial charge in [-0.2, -0.15) is 26.3 Å². The number of nitrogens with zero attached hydrogens (tertiary/aromatic N) is 2. The van der Waals surface area contributed by atoms with Crippen LogP contribution in [0, 0.1) is 0 Å². The maximum absolute atomic E-state index is 13.1. The molecule has 37 heavy (non-hydrogen) atoms. The highest BCUT2D eigenvalue weighted by atomic mass is 19.4. The van der Waals surface area contributed by atoms with Gasteiger partial charge < -0.3 is 14.2 Å². The Morgan fingerprint density at radius 3 is 2.08 bits per heavy atom. The van der Waals surface area contributed by atoms with Crippen LogP contribution >= 0.6 is 0 Å². The molecule has 0 unspecified atom stereocenters. The molecule has 2 heterocycles. The standard InChI is InChI=1S/C27H24F6N2O2/c1-34(2)15-23-13-20-9-10-35(16-24(20)37-23)25(36)19-7-5-17(6-8-19)3-4-18-11-21(26(28,29)30)14-22(12-18)27(31,32)33/h3-8,11-14H,9-10,15-16H2,1-2H3/b4-3-. The summed E-state index contributed by atoms with van der Waals surface area (Å²) in [5.74, 6) is 1.40. The molecular weight excluding hydrogens is 498 g/mol. The van der Waals surface area contributed by atoms with Gasteiger partial charge in [0, 0.05) is 12.1 Å². The third-order valence-electron chi connectivity index (χ3n) is 5.93. The maximum atomic E-state index is 13.1. The molecule has 1 aliphatic rings. The van der Waals surface area contributed by atoms with Gasteiger partial charge in [0.05, 0.1) is 24.2 Å². The van der Waals surface area contributed by atoms with Crippen LogP contribution in [0.3, 0.4) is 0 Å². The molecule has 3 aromatic rings. The highest BCUT2D eigenvalue weighted by Crippen LogP contribution is 2.36. The van der Waals surface area contributed by atoms with Crippen molar-refractivity contribution >= 4 is 18.1 Å². The predicted octanol–water partition coefficient (Wildman–Crippen LogP) is 6.75. The van der Waals surface area contributed by atoms with Gasteiger partial charge in [-0.1, -0.05) is 24.3 Å². The van der Waals surface area contributed by atoms with Crippen LogP contribution in [-0.2, 0) is 31.9 Å². The summed E-state index contributed by atoms with van der Waals surface area (Å²) in [7, 11) is 3.88. The Labute approximate surface area is 209 Å². The van der Waals surface area contributed by atoms with E-state index in [1.54, 1.807) is 29.2 Å². The molecule has 0 spiro atoms. The minimum atomic E-state index is -4.91. The van der Waals surface area contributed by atoms with Crippen molar-refractivity contribution in [1.29, 1.82) is 0 Å². The van der Waals surface area contributed by atoms with E-state index < -0.39 is 23.5 Å². The average molecular weight is 522 g/mol. The summed E-state index contributed by atoms with van der Waals surface area (Å²) in [6, 6.07) is 9.74. The number of amides is 1. The van der Waals surface area contributed by atoms with Crippen molar-refractivity contribution in [2.45, 2.75) is 31.9 Å². The molecule has 0 saturated heterocycles. The van der Waals surface area contributed by atoms with Gasteiger partial charge in [-0.3, -0.25) is 4.79 Å². The van der Waals surface area contributed by atoms with Gasteiger partial charge in [0.25, 0.3) is 5.91 Å². The molecule has 4 nitrogen and oxygen atoms in total. The van der Waals surface area contributed by atoms with Gasteiger partial charge in [-0.25, -0.2) is 0 Å². The van der Waals surface area contributed by atoms with Crippen LogP contribution in [0.15, 0.2) is 52.9 Å². The summed E-state index contributed by atoms with van der Waals surface area (Å²) in [5.41, 5.74) is -0.971. The Morgan fingerprint density at radius 1 is 0.919 bits per heavy atom. The van der Waals surface area contributed by atoms with E-state index >= 15 is 0 Å². The monoisotopic (exact) mass is 522 g/mol. The molecule has 0 bridgehead atoms. The summed E-state index contributed by atoms with van der Waals surface area (Å²) in [6.07, 6.45) is -6.58. The molecule has 0 saturated carbocycles. The fraction of sp³-hybridized carbons (Fsp3) is 0.296. The first kappa shape index (κ1) is 26.5. The molecule has 0 N–H and O–H groups in total. The Kier molecular flexibility index (Phi) is 7.23. The normalized spacial score (nSPS) is 14.5. The zero-order chi connectivity index (χ0) is 27.0. The Hall–Kier alpha value is -3.53. The van der Waals surface area contributed by atoms with Crippen molar-refractivity contribution in [2.24, 2.45) is 0 Å². The van der Waals surface area contributed by atoms with Crippen LogP contribution < -0.4 is 0 Å². The number of halogens is 6. The lowest BCUT2D eigenvalue weighted by Crippen LogP contribution is -2.35. The van der Waals surface area contributed by atoms with E-state index in [0.29, 0.717) is 49.3 Å². The molecule has 1 aromatic heterocycles. The van der Waals surface area contributed by atoms with Crippen molar-refractivity contribution < 1.29 is 35.6 Å². The summed E-state index contributed by atoms with van der Waals surface area (Å²) in [4.78, 5) is 16.7. The molecule has 0 atom stereocenters. The molecule has 0 fully saturated rings. The van der Waals surface area contributed by atoms with Gasteiger partial charge in [0.15, 0.2) is 0 Å². The minimum Gasteiger partial charge on any atom is -0.463 e. The molecule has 0 radical (unpaired) electrons. The van der Waals surface area contributed by atoms with Crippen molar-refractivity contribution in [1.82, 2.24) is 9.80 Å². The first-order chi connectivity index (χ1) is 17.3. The molecule has 0 aliphatic carbocycles. The van der Waals surface area contributed by atoms with Crippen LogP contribution in [0.4, 0.5) is 26.3 Å². The number of furan rings is 1. The number of fused-ring (bicyclic) bond motifs is 1. The number of carbonyl (C=O) groups excluding carboxylic acids is 1. The quantitative estimate of drug-likeness (QED) is 0.275. The number of rotatable bonds is 5. The van der Waals surface area contributed by atoms with E-state index in [1.807, 2.05) is 25.1 Å². The van der Waals surface area contributed by atoms with E-state index in [4.69, 9.17) is 4.42 Å². The van der Waals surface area contributed by atoms with E-state index in [0.717, 1.165) is 17.1 Å². The molecule has 196 valence electrons. The van der Waals surface area contributed by atoms with Gasteiger partial charge in [-0.05, 0) is 73.6 Å². The Balaban J connectivity index is 1.47. The van der Waals surface area contributed by atoms with Gasteiger partial charge in [0.1, 0.15) is 11.5 Å². The molecule has 1 amide bonds. The third-order valence-corrected chi connectivity index (χ3v) is 5.93. The van der Waals surface area contributed by atoms with Crippen LogP contribution in [0.1, 0.15) is 49.7 Å². The van der Waals surface area contributed by atoms with Crippen molar-refractivity contribution in [2.75, 3.05) is 20.6 Å². The second kappa shape index (κ2) is 10.1.